The lowest BCUT2D eigenvalue weighted by Crippen LogP contribution is -2.16. The van der Waals surface area contributed by atoms with Gasteiger partial charge in [0.2, 0.25) is 5.91 Å². The number of aromatic nitrogens is 2. The molecule has 32 heavy (non-hydrogen) atoms. The van der Waals surface area contributed by atoms with Gasteiger partial charge in [0.1, 0.15) is 27.7 Å². The van der Waals surface area contributed by atoms with Crippen molar-refractivity contribution in [3.63, 3.8) is 0 Å². The van der Waals surface area contributed by atoms with Crippen LogP contribution in [0.2, 0.25) is 0 Å². The summed E-state index contributed by atoms with van der Waals surface area (Å²) in [6.45, 7) is 3.56. The van der Waals surface area contributed by atoms with Crippen molar-refractivity contribution >= 4 is 50.6 Å². The van der Waals surface area contributed by atoms with Gasteiger partial charge in [-0.1, -0.05) is 30.0 Å². The molecule has 7 nitrogen and oxygen atoms in total. The molecule has 0 aliphatic carbocycles. The Bertz CT molecular complexity index is 1340. The van der Waals surface area contributed by atoms with Gasteiger partial charge in [-0.05, 0) is 42.7 Å². The molecule has 0 aliphatic heterocycles. The number of carbonyl (C=O) groups excluding carboxylic acids is 1. The maximum atomic E-state index is 13.3. The van der Waals surface area contributed by atoms with Gasteiger partial charge in [-0.3, -0.25) is 14.9 Å². The fourth-order valence-electron chi connectivity index (χ4n) is 3.22. The number of benzene rings is 2. The predicted molar refractivity (Wildman–Crippen MR) is 125 cm³/mol. The lowest BCUT2D eigenvalue weighted by molar-refractivity contribution is -0.384. The zero-order chi connectivity index (χ0) is 22.8. The Morgan fingerprint density at radius 1 is 1.19 bits per heavy atom. The number of hydrogen-bond acceptors (Lipinski definition) is 7. The monoisotopic (exact) mass is 468 g/mol. The third-order valence-corrected chi connectivity index (χ3v) is 6.88. The molecule has 2 heterocycles. The van der Waals surface area contributed by atoms with Gasteiger partial charge in [-0.15, -0.1) is 11.3 Å². The summed E-state index contributed by atoms with van der Waals surface area (Å²) in [6, 6.07) is 9.19. The standard InChI is InChI=1S/C22H17FN4O3S2/c1-12-3-8-17(27(29)30)20(13(12)2)26-18(28)10-32-22-19-16(9-31-21(19)24-11-25-22)14-4-6-15(23)7-5-14/h3-9,11H,10H2,1-2H3,(H,26,28). The van der Waals surface area contributed by atoms with E-state index in [2.05, 4.69) is 15.3 Å². The van der Waals surface area contributed by atoms with Crippen LogP contribution in [0.1, 0.15) is 11.1 Å². The van der Waals surface area contributed by atoms with Gasteiger partial charge < -0.3 is 5.32 Å². The number of anilines is 1. The van der Waals surface area contributed by atoms with Crippen LogP contribution in [0.5, 0.6) is 0 Å². The smallest absolute Gasteiger partial charge is 0.293 e. The van der Waals surface area contributed by atoms with Gasteiger partial charge in [0.25, 0.3) is 5.69 Å². The summed E-state index contributed by atoms with van der Waals surface area (Å²) in [7, 11) is 0. The number of nitrogens with zero attached hydrogens (tertiary/aromatic N) is 3. The highest BCUT2D eigenvalue weighted by atomic mass is 32.2. The quantitative estimate of drug-likeness (QED) is 0.167. The molecule has 0 saturated carbocycles. The molecular formula is C22H17FN4O3S2. The number of halogens is 1. The number of fused-ring (bicyclic) bond motifs is 1. The summed E-state index contributed by atoms with van der Waals surface area (Å²) in [5.41, 5.74) is 3.24. The molecule has 0 aliphatic rings. The number of rotatable bonds is 6. The molecule has 4 rings (SSSR count). The first kappa shape index (κ1) is 21.8. The molecule has 4 aromatic rings. The number of hydrogen-bond donors (Lipinski definition) is 1. The van der Waals surface area contributed by atoms with Gasteiger partial charge in [-0.2, -0.15) is 0 Å². The average Bonchev–Trinajstić information content (AvgIpc) is 3.21. The van der Waals surface area contributed by atoms with Crippen LogP contribution >= 0.6 is 23.1 Å². The first-order valence-corrected chi connectivity index (χ1v) is 11.4. The Hall–Kier alpha value is -3.37. The van der Waals surface area contributed by atoms with E-state index >= 15 is 0 Å². The molecular weight excluding hydrogens is 451 g/mol. The van der Waals surface area contributed by atoms with Crippen molar-refractivity contribution in [1.29, 1.82) is 0 Å². The summed E-state index contributed by atoms with van der Waals surface area (Å²) >= 11 is 2.66. The molecule has 1 amide bonds. The van der Waals surface area contributed by atoms with Crippen molar-refractivity contribution in [3.05, 3.63) is 75.2 Å². The van der Waals surface area contributed by atoms with Crippen LogP contribution in [0.15, 0.2) is 53.1 Å². The normalized spacial score (nSPS) is 11.0. The van der Waals surface area contributed by atoms with Gasteiger partial charge in [0.15, 0.2) is 0 Å². The molecule has 0 radical (unpaired) electrons. The average molecular weight is 469 g/mol. The van der Waals surface area contributed by atoms with Crippen molar-refractivity contribution in [3.8, 4) is 11.1 Å². The van der Waals surface area contributed by atoms with Gasteiger partial charge >= 0.3 is 0 Å². The predicted octanol–water partition coefficient (Wildman–Crippen LogP) is 5.75. The molecule has 0 bridgehead atoms. The van der Waals surface area contributed by atoms with E-state index in [0.717, 1.165) is 26.9 Å². The zero-order valence-corrected chi connectivity index (χ0v) is 18.7. The highest BCUT2D eigenvalue weighted by Gasteiger charge is 2.20. The summed E-state index contributed by atoms with van der Waals surface area (Å²) < 4.78 is 13.3. The highest BCUT2D eigenvalue weighted by Crippen LogP contribution is 2.38. The van der Waals surface area contributed by atoms with E-state index < -0.39 is 4.92 Å². The molecule has 1 N–H and O–H groups in total. The van der Waals surface area contributed by atoms with Crippen LogP contribution in [0.25, 0.3) is 21.3 Å². The molecule has 0 fully saturated rings. The van der Waals surface area contributed by atoms with Crippen molar-refractivity contribution in [2.45, 2.75) is 18.9 Å². The van der Waals surface area contributed by atoms with Gasteiger partial charge in [0.05, 0.1) is 16.1 Å². The Labute approximate surface area is 190 Å². The van der Waals surface area contributed by atoms with Crippen LogP contribution in [0.3, 0.4) is 0 Å². The second-order valence-corrected chi connectivity index (χ2v) is 8.83. The molecule has 0 atom stereocenters. The Morgan fingerprint density at radius 2 is 1.94 bits per heavy atom. The van der Waals surface area contributed by atoms with Gasteiger partial charge in [-0.25, -0.2) is 14.4 Å². The molecule has 10 heteroatoms. The number of aryl methyl sites for hydroxylation is 1. The van der Waals surface area contributed by atoms with Crippen LogP contribution in [-0.4, -0.2) is 26.6 Å². The first-order chi connectivity index (χ1) is 15.3. The third-order valence-electron chi connectivity index (χ3n) is 5.01. The largest absolute Gasteiger partial charge is 0.319 e. The van der Waals surface area contributed by atoms with Crippen molar-refractivity contribution in [2.24, 2.45) is 0 Å². The van der Waals surface area contributed by atoms with E-state index in [1.165, 1.54) is 47.6 Å². The van der Waals surface area contributed by atoms with Crippen molar-refractivity contribution in [2.75, 3.05) is 11.1 Å². The molecule has 2 aromatic heterocycles. The molecule has 0 spiro atoms. The van der Waals surface area contributed by atoms with Crippen LogP contribution in [-0.2, 0) is 4.79 Å². The summed E-state index contributed by atoms with van der Waals surface area (Å²) in [5, 5.41) is 17.4. The maximum absolute atomic E-state index is 13.3. The lowest BCUT2D eigenvalue weighted by atomic mass is 10.1. The Morgan fingerprint density at radius 3 is 2.66 bits per heavy atom. The zero-order valence-electron chi connectivity index (χ0n) is 17.1. The van der Waals surface area contributed by atoms with Crippen LogP contribution < -0.4 is 5.32 Å². The van der Waals surface area contributed by atoms with E-state index in [1.54, 1.807) is 25.1 Å². The number of amides is 1. The number of thiophene rings is 1. The van der Waals surface area contributed by atoms with E-state index in [-0.39, 0.29) is 28.9 Å². The molecule has 162 valence electrons. The second-order valence-electron chi connectivity index (χ2n) is 7.01. The summed E-state index contributed by atoms with van der Waals surface area (Å²) in [6.07, 6.45) is 1.43. The van der Waals surface area contributed by atoms with E-state index in [9.17, 15) is 19.3 Å². The minimum Gasteiger partial charge on any atom is -0.319 e. The summed E-state index contributed by atoms with van der Waals surface area (Å²) in [4.78, 5) is 32.9. The fraction of sp³-hybridized carbons (Fsp3) is 0.136. The molecule has 0 saturated heterocycles. The topological polar surface area (TPSA) is 98.0 Å². The fourth-order valence-corrected chi connectivity index (χ4v) is 5.01. The number of nitrogens with one attached hydrogen (secondary N) is 1. The van der Waals surface area contributed by atoms with Crippen molar-refractivity contribution < 1.29 is 14.1 Å². The number of carbonyl (C=O) groups is 1. The summed E-state index contributed by atoms with van der Waals surface area (Å²) in [5.74, 6) is -0.691. The van der Waals surface area contributed by atoms with Crippen LogP contribution in [0.4, 0.5) is 15.8 Å². The lowest BCUT2D eigenvalue weighted by Gasteiger charge is -2.11. The highest BCUT2D eigenvalue weighted by molar-refractivity contribution is 8.00. The van der Waals surface area contributed by atoms with E-state index in [0.29, 0.717) is 10.6 Å². The van der Waals surface area contributed by atoms with Crippen molar-refractivity contribution in [1.82, 2.24) is 9.97 Å². The Balaban J connectivity index is 1.59. The van der Waals surface area contributed by atoms with Gasteiger partial charge in [0, 0.05) is 17.0 Å². The molecule has 2 aromatic carbocycles. The first-order valence-electron chi connectivity index (χ1n) is 9.50. The number of nitro benzene ring substituents is 1. The van der Waals surface area contributed by atoms with E-state index in [1.807, 2.05) is 12.3 Å². The SMILES string of the molecule is Cc1ccc([N+](=O)[O-])c(NC(=O)CSc2ncnc3scc(-c4ccc(F)cc4)c23)c1C. The van der Waals surface area contributed by atoms with Crippen LogP contribution in [0, 0.1) is 29.8 Å². The number of nitro groups is 1. The van der Waals surface area contributed by atoms with E-state index in [4.69, 9.17) is 0 Å². The third kappa shape index (κ3) is 4.32. The second kappa shape index (κ2) is 9.01. The Kier molecular flexibility index (Phi) is 6.15. The number of thioether (sulfide) groups is 1. The minimum atomic E-state index is -0.510. The molecule has 0 unspecified atom stereocenters. The minimum absolute atomic E-state index is 0.00928. The maximum Gasteiger partial charge on any atom is 0.293 e.